The van der Waals surface area contributed by atoms with Gasteiger partial charge in [-0.15, -0.1) is 0 Å². The molecule has 6 saturated heterocycles. The molecule has 48 heteroatoms. The molecule has 15 N–H and O–H groups in total. The number of aromatic nitrogens is 13. The third-order valence-electron chi connectivity index (χ3n) is 15.5. The Morgan fingerprint density at radius 2 is 0.968 bits per heavy atom. The molecule has 0 spiro atoms. The van der Waals surface area contributed by atoms with Gasteiger partial charge in [-0.25, -0.2) is 29.5 Å². The van der Waals surface area contributed by atoms with E-state index in [0.717, 1.165) is 21.8 Å². The summed E-state index contributed by atoms with van der Waals surface area (Å²) in [5.41, 5.74) is 16.0. The van der Waals surface area contributed by atoms with Gasteiger partial charge in [-0.05, 0) is 72.7 Å². The van der Waals surface area contributed by atoms with Crippen molar-refractivity contribution in [2.24, 2.45) is 0 Å². The number of thiol groups is 1. The molecule has 6 aliphatic heterocycles. The Morgan fingerprint density at radius 3 is 1.49 bits per heavy atom. The molecule has 0 aliphatic carbocycles. The second-order valence-corrected chi connectivity index (χ2v) is 32.9. The highest BCUT2D eigenvalue weighted by Gasteiger charge is 2.55. The largest absolute Gasteiger partial charge is 0.399 e. The van der Waals surface area contributed by atoms with Crippen molar-refractivity contribution >= 4 is 136 Å². The Bertz CT molecular complexity index is 4780. The number of aliphatic hydroxyl groups is 4. The summed E-state index contributed by atoms with van der Waals surface area (Å²) in [6.45, 7) is -17.8. The molecule has 504 valence electrons. The monoisotopic (exact) mass is 1460 g/mol. The van der Waals surface area contributed by atoms with Crippen LogP contribution in [0.4, 0.5) is 17.6 Å². The summed E-state index contributed by atoms with van der Waals surface area (Å²) in [4.78, 5) is 118. The van der Waals surface area contributed by atoms with Crippen LogP contribution in [0.1, 0.15) is 30.6 Å². The zero-order chi connectivity index (χ0) is 66.8. The van der Waals surface area contributed by atoms with Crippen LogP contribution in [0.5, 0.6) is 0 Å². The fourth-order valence-corrected chi connectivity index (χ4v) is 16.9. The van der Waals surface area contributed by atoms with E-state index in [1.165, 1.54) is 33.9 Å². The van der Waals surface area contributed by atoms with Crippen molar-refractivity contribution in [1.82, 2.24) is 63.1 Å². The lowest BCUT2D eigenvalue weighted by Gasteiger charge is -2.28. The predicted octanol–water partition coefficient (Wildman–Crippen LogP) is -2.13. The highest BCUT2D eigenvalue weighted by atomic mass is 32.7. The van der Waals surface area contributed by atoms with Crippen LogP contribution in [0.15, 0.2) is 74.8 Å². The minimum absolute atomic E-state index is 0.0363. The lowest BCUT2D eigenvalue weighted by molar-refractivity contribution is -0.0619. The molecule has 0 saturated carbocycles. The van der Waals surface area contributed by atoms with Gasteiger partial charge in [0, 0.05) is 11.4 Å². The Hall–Kier alpha value is -5.48. The number of hydrogen-bond acceptors (Lipinski definition) is 34. The van der Waals surface area contributed by atoms with E-state index < -0.39 is 174 Å². The molecule has 1 aromatic carbocycles. The molecule has 0 amide bonds. The highest BCUT2D eigenvalue weighted by molar-refractivity contribution is 8.44. The van der Waals surface area contributed by atoms with Gasteiger partial charge in [0.25, 0.3) is 22.2 Å². The molecule has 40 nitrogen and oxygen atoms in total. The van der Waals surface area contributed by atoms with E-state index in [9.17, 15) is 58.8 Å². The Balaban J connectivity index is 0.000000171. The fourth-order valence-electron chi connectivity index (χ4n) is 11.1. The summed E-state index contributed by atoms with van der Waals surface area (Å²) < 4.78 is 86.5. The van der Waals surface area contributed by atoms with Gasteiger partial charge in [0.05, 0.1) is 55.4 Å². The lowest BCUT2D eigenvalue weighted by atomic mass is 10.1. The molecule has 6 fully saturated rings. The summed E-state index contributed by atoms with van der Waals surface area (Å²) in [6.07, 6.45) is -18.4. The van der Waals surface area contributed by atoms with Crippen LogP contribution in [0.2, 0.25) is 0 Å². The second-order valence-electron chi connectivity index (χ2n) is 21.6. The van der Waals surface area contributed by atoms with Gasteiger partial charge in [0.15, 0.2) is 52.9 Å². The first-order chi connectivity index (χ1) is 44.4. The topological polar surface area (TPSA) is 557 Å². The molecule has 20 atom stereocenters. The number of hydrogen-bond donors (Lipinski definition) is 13. The Labute approximate surface area is 543 Å². The maximum Gasteiger partial charge on any atom is 0.386 e. The molecule has 4 bridgehead atoms. The maximum atomic E-state index is 13.4. The maximum absolute atomic E-state index is 13.4. The van der Waals surface area contributed by atoms with Crippen LogP contribution < -0.4 is 39.4 Å². The lowest BCUT2D eigenvalue weighted by Crippen LogP contribution is -2.37. The number of nitrogen functional groups attached to an aromatic ring is 3. The average molecular weight is 1470 g/mol. The van der Waals surface area contributed by atoms with Gasteiger partial charge in [0.1, 0.15) is 85.9 Å². The number of imidazole rings is 2. The number of aliphatic hydroxyl groups excluding tert-OH is 4. The van der Waals surface area contributed by atoms with Crippen molar-refractivity contribution in [3.05, 3.63) is 103 Å². The number of anilines is 3. The molecule has 4 unspecified atom stereocenters. The first-order valence-electron chi connectivity index (χ1n) is 27.4. The van der Waals surface area contributed by atoms with E-state index in [1.807, 2.05) is 0 Å². The van der Waals surface area contributed by atoms with Gasteiger partial charge in [-0.3, -0.25) is 70.0 Å². The SMILES string of the molecule is Cc1ccc2c(=O)n([C@@H]3O[C@@H]4COP(O)(=S)O[C@@H]5[C@H](O)[C@@H](COP(=O)(S)O[C@H]4[C@H]3O)O[C@H]5n3cnc4c(=O)[nH]c(N)nc43)cnc2n1.Nc1ccc2ncn([C@@H]3O[C@@H]4COP(O)(=S)O[C@@H]5[C@H](O)[C@@H](COP(O)(=S)O[C@H]4[C@H]3O)O[C@H]5n3cnc4c(=O)[nH]c(N)nc43)c(=O)c2c1. The fraction of sp³-hybridized carbons (Fsp3) is 0.457. The third kappa shape index (κ3) is 13.0. The zero-order valence-corrected chi connectivity index (χ0v) is 54.4. The number of H-pyrrole nitrogens is 2. The van der Waals surface area contributed by atoms with Crippen LogP contribution in [0.25, 0.3) is 44.3 Å². The van der Waals surface area contributed by atoms with Crippen molar-refractivity contribution in [3.63, 3.8) is 0 Å². The van der Waals surface area contributed by atoms with Gasteiger partial charge < -0.3 is 84.8 Å². The Morgan fingerprint density at radius 1 is 0.532 bits per heavy atom. The molecular weight excluding hydrogens is 1410 g/mol. The van der Waals surface area contributed by atoms with Crippen molar-refractivity contribution in [3.8, 4) is 0 Å². The van der Waals surface area contributed by atoms with Gasteiger partial charge in [-0.1, -0.05) is 12.2 Å². The minimum atomic E-state index is -4.38. The number of nitrogens with two attached hydrogens (primary N) is 3. The van der Waals surface area contributed by atoms with E-state index in [4.69, 9.17) is 108 Å². The van der Waals surface area contributed by atoms with Crippen LogP contribution in [-0.4, -0.2) is 198 Å². The number of rotatable bonds is 4. The number of fused-ring (bicyclic) bond motifs is 10. The average Bonchev–Trinajstić information content (AvgIpc) is 1.56. The van der Waals surface area contributed by atoms with Crippen molar-refractivity contribution in [1.29, 1.82) is 0 Å². The van der Waals surface area contributed by atoms with E-state index in [-0.39, 0.29) is 50.6 Å². The summed E-state index contributed by atoms with van der Waals surface area (Å²) in [7, 11) is 0. The molecule has 7 aromatic heterocycles. The second kappa shape index (κ2) is 25.4. The van der Waals surface area contributed by atoms with Gasteiger partial charge in [-0.2, -0.15) is 9.97 Å². The molecule has 14 rings (SSSR count). The van der Waals surface area contributed by atoms with Crippen molar-refractivity contribution < 1.29 is 94.8 Å². The normalized spacial score (nSPS) is 36.5. The Kier molecular flexibility index (Phi) is 18.2. The third-order valence-corrected chi connectivity index (χ3v) is 21.8. The van der Waals surface area contributed by atoms with Gasteiger partial charge >= 0.3 is 27.0 Å². The molecular formula is C46H52N16O24P4S4. The number of pyridine rings is 1. The van der Waals surface area contributed by atoms with E-state index >= 15 is 0 Å². The minimum Gasteiger partial charge on any atom is -0.399 e. The predicted molar refractivity (Wildman–Crippen MR) is 333 cm³/mol. The number of nitrogens with zero attached hydrogens (tertiary/aromatic N) is 11. The number of nitrogens with one attached hydrogen (secondary N) is 2. The van der Waals surface area contributed by atoms with E-state index in [2.05, 4.69) is 57.1 Å². The summed E-state index contributed by atoms with van der Waals surface area (Å²) in [5, 5.41) is 45.2. The molecule has 6 aliphatic rings. The van der Waals surface area contributed by atoms with Crippen LogP contribution in [0.3, 0.4) is 0 Å². The smallest absolute Gasteiger partial charge is 0.386 e. The van der Waals surface area contributed by atoms with Crippen molar-refractivity contribution in [2.75, 3.05) is 43.6 Å². The van der Waals surface area contributed by atoms with Crippen molar-refractivity contribution in [2.45, 2.75) is 105 Å². The first-order valence-corrected chi connectivity index (χ1v) is 37.9. The number of ether oxygens (including phenoxy) is 4. The van der Waals surface area contributed by atoms with Crippen LogP contribution >= 0.6 is 39.2 Å². The van der Waals surface area contributed by atoms with Crippen LogP contribution in [-0.2, 0) is 95.1 Å². The van der Waals surface area contributed by atoms with E-state index in [1.54, 1.807) is 25.1 Å². The standard InChI is InChI=1S/2C23H26N8O12P2S2/c1-8-2-3-9-17(27-8)26-7-31(20(9)35)21-14(33)15-11(41-21)5-39-45(37,47)43-16-13(32)10(4-38-44(36,46)42-15)40-22(16)30-6-25-12-18(30)28-23(24)29-19(12)34;24-8-1-2-10-9(3-8)20(35)31(6-26-10)21-15(33)16-12(41-21)5-39-45(37,47)43-17-14(32)11(4-38-44(36,46)42-16)40-22(17)30-7-27-13-18(30)28-23(25)29-19(13)34/h2-3,6-7,10-11,13-16,21-22,32-33H,4-5H2,1H3,(H,36,46)(H,37,47)(H3,24,28,29,34);1-3,6-7,11-12,14-17,21-22,32-33H,4-5,24H2,(H,36,46)(H,37,47)(H3,25,28,29,34)/t10-,11-,13-,14-,15-,16-,21-,22-,44?,45?;11-,12-,14-,15-,16-,17-,21-,22-,44?,45?/m11/s1. The number of aromatic amines is 2. The number of aryl methyl sites for hydroxylation is 1. The highest BCUT2D eigenvalue weighted by Crippen LogP contribution is 2.59. The van der Waals surface area contributed by atoms with E-state index in [0.29, 0.717) is 16.9 Å². The van der Waals surface area contributed by atoms with Gasteiger partial charge in [0.2, 0.25) is 11.9 Å². The summed E-state index contributed by atoms with van der Waals surface area (Å²) in [6, 6.07) is 7.70. The quantitative estimate of drug-likeness (QED) is 0.0508. The zero-order valence-electron chi connectivity index (χ0n) is 47.4. The summed E-state index contributed by atoms with van der Waals surface area (Å²) in [5.74, 6) is -0.459. The first kappa shape index (κ1) is 67.1. The molecule has 8 aromatic rings. The summed E-state index contributed by atoms with van der Waals surface area (Å²) >= 11 is 19.7. The molecule has 13 heterocycles. The molecule has 0 radical (unpaired) electrons. The molecule has 94 heavy (non-hydrogen) atoms. The van der Waals surface area contributed by atoms with Crippen LogP contribution in [0, 0.1) is 6.92 Å². The number of benzene rings is 1.